The Morgan fingerprint density at radius 1 is 1.08 bits per heavy atom. The van der Waals surface area contributed by atoms with Crippen LogP contribution in [0.2, 0.25) is 0 Å². The lowest BCUT2D eigenvalue weighted by Crippen LogP contribution is -2.43. The molecule has 0 unspecified atom stereocenters. The Morgan fingerprint density at radius 2 is 1.62 bits per heavy atom. The van der Waals surface area contributed by atoms with E-state index in [1.54, 1.807) is 0 Å². The third-order valence-corrected chi connectivity index (χ3v) is 4.51. The number of hydrogen-bond acceptors (Lipinski definition) is 3. The molecule has 132 valence electrons. The summed E-state index contributed by atoms with van der Waals surface area (Å²) < 4.78 is 12.1. The number of aryl methyl sites for hydroxylation is 1. The summed E-state index contributed by atoms with van der Waals surface area (Å²) in [5, 5.41) is 5.77. The normalized spacial score (nSPS) is 19.2. The van der Waals surface area contributed by atoms with Gasteiger partial charge in [0, 0.05) is 11.2 Å². The third kappa shape index (κ3) is 4.11. The van der Waals surface area contributed by atoms with Gasteiger partial charge in [-0.05, 0) is 72.5 Å². The first-order valence-electron chi connectivity index (χ1n) is 8.36. The molecule has 6 heteroatoms. The van der Waals surface area contributed by atoms with Gasteiger partial charge in [-0.2, -0.15) is 0 Å². The van der Waals surface area contributed by atoms with Gasteiger partial charge in [0.25, 0.3) is 0 Å². The first-order chi connectivity index (χ1) is 10.8. The maximum absolute atomic E-state index is 12.0. The number of nitrogens with one attached hydrogen (secondary N) is 2. The average molecular weight is 332 g/mol. The highest BCUT2D eigenvalue weighted by Crippen LogP contribution is 2.36. The zero-order valence-corrected chi connectivity index (χ0v) is 16.0. The zero-order valence-electron chi connectivity index (χ0n) is 16.0. The number of carbonyl (C=O) groups excluding carboxylic acids is 1. The van der Waals surface area contributed by atoms with Crippen molar-refractivity contribution in [3.63, 3.8) is 0 Å². The van der Waals surface area contributed by atoms with Gasteiger partial charge in [-0.1, -0.05) is 12.1 Å². The highest BCUT2D eigenvalue weighted by molar-refractivity contribution is 6.62. The predicted molar refractivity (Wildman–Crippen MR) is 98.8 cm³/mol. The lowest BCUT2D eigenvalue weighted by molar-refractivity contribution is 0.00578. The number of carbonyl (C=O) groups is 1. The quantitative estimate of drug-likeness (QED) is 0.818. The summed E-state index contributed by atoms with van der Waals surface area (Å²) in [6, 6.07) is 5.60. The van der Waals surface area contributed by atoms with Gasteiger partial charge < -0.3 is 19.9 Å². The van der Waals surface area contributed by atoms with Gasteiger partial charge in [-0.3, -0.25) is 0 Å². The number of anilines is 1. The molecule has 0 atom stereocenters. The molecule has 1 fully saturated rings. The fraction of sp³-hybridized carbons (Fsp3) is 0.611. The van der Waals surface area contributed by atoms with Crippen LogP contribution in [-0.2, 0) is 9.31 Å². The SMILES string of the molecule is Cc1cc(B2OC(C)(C)C(C)(C)O2)ccc1NC(=O)NC(C)(C)C. The molecule has 1 heterocycles. The lowest BCUT2D eigenvalue weighted by Gasteiger charge is -2.32. The van der Waals surface area contributed by atoms with Crippen LogP contribution in [0, 0.1) is 6.92 Å². The van der Waals surface area contributed by atoms with Crippen molar-refractivity contribution in [2.75, 3.05) is 5.32 Å². The van der Waals surface area contributed by atoms with Crippen LogP contribution in [0.4, 0.5) is 10.5 Å². The van der Waals surface area contributed by atoms with E-state index in [0.29, 0.717) is 0 Å². The van der Waals surface area contributed by atoms with Crippen LogP contribution in [0.15, 0.2) is 18.2 Å². The van der Waals surface area contributed by atoms with Crippen LogP contribution in [-0.4, -0.2) is 29.9 Å². The molecule has 2 N–H and O–H groups in total. The molecule has 1 aliphatic rings. The van der Waals surface area contributed by atoms with Gasteiger partial charge in [-0.25, -0.2) is 4.79 Å². The van der Waals surface area contributed by atoms with Crippen molar-refractivity contribution in [3.8, 4) is 0 Å². The number of rotatable bonds is 2. The summed E-state index contributed by atoms with van der Waals surface area (Å²) in [7, 11) is -0.397. The van der Waals surface area contributed by atoms with Crippen molar-refractivity contribution >= 4 is 24.3 Å². The van der Waals surface area contributed by atoms with Crippen LogP contribution < -0.4 is 16.1 Å². The molecule has 2 amide bonds. The van der Waals surface area contributed by atoms with E-state index in [9.17, 15) is 4.79 Å². The molecule has 0 radical (unpaired) electrons. The molecular formula is C18H29BN2O3. The number of urea groups is 1. The van der Waals surface area contributed by atoms with Crippen LogP contribution in [0.5, 0.6) is 0 Å². The lowest BCUT2D eigenvalue weighted by atomic mass is 9.78. The van der Waals surface area contributed by atoms with E-state index < -0.39 is 7.12 Å². The Balaban J connectivity index is 2.12. The van der Waals surface area contributed by atoms with Crippen molar-refractivity contribution in [1.82, 2.24) is 5.32 Å². The molecule has 0 spiro atoms. The van der Waals surface area contributed by atoms with Gasteiger partial charge in [0.05, 0.1) is 11.2 Å². The molecular weight excluding hydrogens is 303 g/mol. The van der Waals surface area contributed by atoms with Crippen LogP contribution in [0.3, 0.4) is 0 Å². The summed E-state index contributed by atoms with van der Waals surface area (Å²) in [5.41, 5.74) is 1.68. The molecule has 0 saturated carbocycles. The molecule has 24 heavy (non-hydrogen) atoms. The maximum atomic E-state index is 12.0. The minimum absolute atomic E-state index is 0.214. The maximum Gasteiger partial charge on any atom is 0.494 e. The highest BCUT2D eigenvalue weighted by atomic mass is 16.7. The highest BCUT2D eigenvalue weighted by Gasteiger charge is 2.51. The molecule has 0 aromatic heterocycles. The Morgan fingerprint density at radius 3 is 2.08 bits per heavy atom. The summed E-state index contributed by atoms with van der Waals surface area (Å²) in [6.45, 7) is 15.9. The molecule has 1 aliphatic heterocycles. The molecule has 0 bridgehead atoms. The van der Waals surface area contributed by atoms with E-state index in [-0.39, 0.29) is 22.8 Å². The summed E-state index contributed by atoms with van der Waals surface area (Å²) in [6.07, 6.45) is 0. The number of amides is 2. The molecule has 1 saturated heterocycles. The van der Waals surface area contributed by atoms with Gasteiger partial charge in [0.2, 0.25) is 0 Å². The van der Waals surface area contributed by atoms with E-state index in [4.69, 9.17) is 9.31 Å². The van der Waals surface area contributed by atoms with Gasteiger partial charge in [0.15, 0.2) is 0 Å². The van der Waals surface area contributed by atoms with Crippen LogP contribution in [0.25, 0.3) is 0 Å². The van der Waals surface area contributed by atoms with Crippen molar-refractivity contribution in [2.45, 2.75) is 72.1 Å². The van der Waals surface area contributed by atoms with Crippen LogP contribution in [0.1, 0.15) is 54.0 Å². The van der Waals surface area contributed by atoms with Gasteiger partial charge >= 0.3 is 13.1 Å². The second-order valence-corrected chi connectivity index (χ2v) is 8.49. The first kappa shape index (κ1) is 18.8. The molecule has 1 aromatic carbocycles. The second-order valence-electron chi connectivity index (χ2n) is 8.49. The van der Waals surface area contributed by atoms with Crippen molar-refractivity contribution < 1.29 is 14.1 Å². The van der Waals surface area contributed by atoms with Crippen molar-refractivity contribution in [2.24, 2.45) is 0 Å². The monoisotopic (exact) mass is 332 g/mol. The first-order valence-corrected chi connectivity index (χ1v) is 8.36. The topological polar surface area (TPSA) is 59.6 Å². The number of benzene rings is 1. The van der Waals surface area contributed by atoms with E-state index >= 15 is 0 Å². The Labute approximate surface area is 145 Å². The van der Waals surface area contributed by atoms with Gasteiger partial charge in [-0.15, -0.1) is 0 Å². The van der Waals surface area contributed by atoms with E-state index in [2.05, 4.69) is 10.6 Å². The average Bonchev–Trinajstić information content (AvgIpc) is 2.58. The van der Waals surface area contributed by atoms with Crippen molar-refractivity contribution in [1.29, 1.82) is 0 Å². The Bertz CT molecular complexity index is 620. The summed E-state index contributed by atoms with van der Waals surface area (Å²) in [5.74, 6) is 0. The zero-order chi connectivity index (χ0) is 18.3. The molecule has 0 aliphatic carbocycles. The Hall–Kier alpha value is -1.53. The summed E-state index contributed by atoms with van der Waals surface area (Å²) in [4.78, 5) is 12.0. The standard InChI is InChI=1S/C18H29BN2O3/c1-12-11-13(19-23-17(5,6)18(7,8)24-19)9-10-14(12)20-15(22)21-16(2,3)4/h9-11H,1-8H3,(H2,20,21,22). The van der Waals surface area contributed by atoms with Gasteiger partial charge in [0.1, 0.15) is 0 Å². The van der Waals surface area contributed by atoms with E-state index in [0.717, 1.165) is 16.7 Å². The van der Waals surface area contributed by atoms with E-state index in [1.165, 1.54) is 0 Å². The molecule has 1 aromatic rings. The van der Waals surface area contributed by atoms with Crippen molar-refractivity contribution in [3.05, 3.63) is 23.8 Å². The van der Waals surface area contributed by atoms with E-state index in [1.807, 2.05) is 73.6 Å². The number of hydrogen-bond donors (Lipinski definition) is 2. The molecule has 5 nitrogen and oxygen atoms in total. The Kier molecular flexibility index (Phi) is 4.77. The van der Waals surface area contributed by atoms with Crippen LogP contribution >= 0.6 is 0 Å². The fourth-order valence-electron chi connectivity index (χ4n) is 2.45. The third-order valence-electron chi connectivity index (χ3n) is 4.51. The smallest absolute Gasteiger partial charge is 0.399 e. The minimum atomic E-state index is -0.397. The predicted octanol–water partition coefficient (Wildman–Crippen LogP) is 3.21. The summed E-state index contributed by atoms with van der Waals surface area (Å²) >= 11 is 0. The minimum Gasteiger partial charge on any atom is -0.399 e. The fourth-order valence-corrected chi connectivity index (χ4v) is 2.45. The molecule has 2 rings (SSSR count). The largest absolute Gasteiger partial charge is 0.494 e. The second kappa shape index (κ2) is 6.08.